The van der Waals surface area contributed by atoms with E-state index in [2.05, 4.69) is 38.3 Å². The van der Waals surface area contributed by atoms with Crippen molar-refractivity contribution < 1.29 is 56.9 Å². The third kappa shape index (κ3) is 8.25. The average molecular weight is 517 g/mol. The predicted molar refractivity (Wildman–Crippen MR) is 104 cm³/mol. The highest BCUT2D eigenvalue weighted by Crippen LogP contribution is 2.37. The van der Waals surface area contributed by atoms with Gasteiger partial charge in [0.2, 0.25) is 0 Å². The first-order valence-electron chi connectivity index (χ1n) is 7.41. The molecule has 0 atom stereocenters. The lowest BCUT2D eigenvalue weighted by molar-refractivity contribution is -0.432. The Morgan fingerprint density at radius 3 is 1.87 bits per heavy atom. The van der Waals surface area contributed by atoms with E-state index in [0.717, 1.165) is 6.07 Å². The number of benzene rings is 2. The molecular weight excluding hydrogens is 504 g/mol. The van der Waals surface area contributed by atoms with Crippen LogP contribution in [0.5, 0.6) is 0 Å². The molecule has 0 spiro atoms. The van der Waals surface area contributed by atoms with E-state index in [1.165, 1.54) is 31.2 Å². The quantitative estimate of drug-likeness (QED) is 0.0972. The van der Waals surface area contributed by atoms with Crippen LogP contribution in [0.2, 0.25) is 0 Å². The smallest absolute Gasteiger partial charge is 0.282 e. The second kappa shape index (κ2) is 12.6. The molecule has 0 aliphatic heterocycles. The van der Waals surface area contributed by atoms with E-state index >= 15 is 0 Å². The van der Waals surface area contributed by atoms with E-state index in [-0.39, 0.29) is 21.8 Å². The zero-order chi connectivity index (χ0) is 22.9. The largest absolute Gasteiger partial charge is 0.294 e. The normalized spacial score (nSPS) is 12.0. The highest BCUT2D eigenvalue weighted by molar-refractivity contribution is 7.95. The van der Waals surface area contributed by atoms with Crippen molar-refractivity contribution in [3.63, 3.8) is 0 Å². The van der Waals surface area contributed by atoms with Gasteiger partial charge in [-0.1, -0.05) is 15.1 Å². The first-order chi connectivity index (χ1) is 14.8. The maximum absolute atomic E-state index is 11.6. The molecule has 0 aliphatic carbocycles. The topological polar surface area (TPSA) is 195 Å². The first-order valence-corrected chi connectivity index (χ1v) is 11.1. The zero-order valence-corrected chi connectivity index (χ0v) is 18.2. The summed E-state index contributed by atoms with van der Waals surface area (Å²) in [5.74, 6) is 0. The van der Waals surface area contributed by atoms with E-state index in [1.807, 2.05) is 0 Å². The minimum Gasteiger partial charge on any atom is -0.282 e. The molecule has 0 fully saturated rings. The van der Waals surface area contributed by atoms with Gasteiger partial charge in [-0.2, -0.15) is 13.5 Å². The Balaban J connectivity index is 2.46. The number of hydrogen-bond acceptors (Lipinski definition) is 16. The van der Waals surface area contributed by atoms with Gasteiger partial charge >= 0.3 is 0 Å². The van der Waals surface area contributed by atoms with E-state index in [0.29, 0.717) is 45.9 Å². The molecule has 0 aliphatic rings. The fourth-order valence-corrected chi connectivity index (χ4v) is 4.28. The number of aryl methyl sites for hydroxylation is 1. The van der Waals surface area contributed by atoms with Gasteiger partial charge in [-0.15, -0.1) is 18.1 Å². The van der Waals surface area contributed by atoms with Gasteiger partial charge in [0.25, 0.3) is 10.1 Å². The van der Waals surface area contributed by atoms with Crippen LogP contribution in [0, 0.1) is 6.92 Å². The van der Waals surface area contributed by atoms with Gasteiger partial charge in [0.15, 0.2) is 0 Å². The number of hydrogen-bond donors (Lipinski definition) is 4. The van der Waals surface area contributed by atoms with E-state index < -0.39 is 15.0 Å². The molecule has 2 aromatic rings. The Hall–Kier alpha value is -1.36. The summed E-state index contributed by atoms with van der Waals surface area (Å²) in [5, 5.41) is 43.4. The molecule has 0 bridgehead atoms. The van der Waals surface area contributed by atoms with E-state index in [4.69, 9.17) is 15.8 Å². The molecule has 14 nitrogen and oxygen atoms in total. The van der Waals surface area contributed by atoms with E-state index in [1.54, 1.807) is 0 Å². The average Bonchev–Trinajstić information content (AvgIpc) is 2.73. The summed E-state index contributed by atoms with van der Waals surface area (Å²) in [5.41, 5.74) is 0.294. The molecule has 4 N–H and O–H groups in total. The summed E-state index contributed by atoms with van der Waals surface area (Å²) < 4.78 is 45.6. The molecular formula is C13H12N2O12S4. The molecule has 18 heteroatoms. The van der Waals surface area contributed by atoms with Crippen LogP contribution in [-0.4, -0.2) is 28.7 Å². The van der Waals surface area contributed by atoms with Crippen molar-refractivity contribution in [1.82, 2.24) is 0 Å². The Morgan fingerprint density at radius 2 is 1.35 bits per heavy atom. The molecule has 0 saturated heterocycles. The minimum atomic E-state index is -4.56. The van der Waals surface area contributed by atoms with Crippen LogP contribution in [0.1, 0.15) is 5.56 Å². The highest BCUT2D eigenvalue weighted by Gasteiger charge is 2.18. The first kappa shape index (κ1) is 25.9. The number of azo groups is 1. The van der Waals surface area contributed by atoms with Crippen LogP contribution >= 0.6 is 36.1 Å². The molecule has 0 unspecified atom stereocenters. The lowest BCUT2D eigenvalue weighted by Crippen LogP contribution is -2.01. The monoisotopic (exact) mass is 516 g/mol. The Kier molecular flexibility index (Phi) is 10.5. The molecule has 0 radical (unpaired) electrons. The summed E-state index contributed by atoms with van der Waals surface area (Å²) in [6, 6.07) is 6.72. The van der Waals surface area contributed by atoms with Crippen LogP contribution in [0.4, 0.5) is 11.4 Å². The van der Waals surface area contributed by atoms with Gasteiger partial charge in [0, 0.05) is 9.79 Å². The van der Waals surface area contributed by atoms with Crippen molar-refractivity contribution in [3.05, 3.63) is 35.9 Å². The fourth-order valence-electron chi connectivity index (χ4n) is 2.06. The van der Waals surface area contributed by atoms with Crippen LogP contribution in [0.15, 0.2) is 60.1 Å². The second-order valence-corrected chi connectivity index (χ2v) is 8.78. The Labute approximate surface area is 187 Å². The predicted octanol–water partition coefficient (Wildman–Crippen LogP) is 4.94. The molecule has 0 amide bonds. The van der Waals surface area contributed by atoms with Crippen molar-refractivity contribution in [1.29, 1.82) is 0 Å². The van der Waals surface area contributed by atoms with Crippen molar-refractivity contribution in [2.75, 3.05) is 0 Å². The number of rotatable bonds is 12. The SMILES string of the molecule is Cc1cc(SOOO)c(N=Nc2cc(SOOO)cc(SOOO)c2)cc1S(=O)(=O)O. The zero-order valence-electron chi connectivity index (χ0n) is 15.0. The van der Waals surface area contributed by atoms with Crippen molar-refractivity contribution >= 4 is 57.6 Å². The highest BCUT2D eigenvalue weighted by atomic mass is 32.2. The molecule has 0 saturated carbocycles. The lowest BCUT2D eigenvalue weighted by Gasteiger charge is -2.08. The van der Waals surface area contributed by atoms with Gasteiger partial charge < -0.3 is 0 Å². The van der Waals surface area contributed by atoms with Crippen LogP contribution in [0.3, 0.4) is 0 Å². The van der Waals surface area contributed by atoms with Gasteiger partial charge in [0.1, 0.15) is 5.69 Å². The van der Waals surface area contributed by atoms with Gasteiger partial charge in [-0.05, 0) is 42.8 Å². The molecule has 31 heavy (non-hydrogen) atoms. The lowest BCUT2D eigenvalue weighted by atomic mass is 10.2. The van der Waals surface area contributed by atoms with Crippen LogP contribution in [0.25, 0.3) is 0 Å². The summed E-state index contributed by atoms with van der Waals surface area (Å²) in [6.07, 6.45) is 0. The van der Waals surface area contributed by atoms with Gasteiger partial charge in [-0.25, -0.2) is 15.8 Å². The molecule has 2 rings (SSSR count). The molecule has 0 aromatic heterocycles. The van der Waals surface area contributed by atoms with Crippen LogP contribution < -0.4 is 0 Å². The Morgan fingerprint density at radius 1 is 0.806 bits per heavy atom. The third-order valence-electron chi connectivity index (χ3n) is 3.15. The summed E-state index contributed by atoms with van der Waals surface area (Å²) in [7, 11) is -4.56. The second-order valence-electron chi connectivity index (χ2n) is 5.10. The molecule has 0 heterocycles. The third-order valence-corrected chi connectivity index (χ3v) is 5.89. The summed E-state index contributed by atoms with van der Waals surface area (Å²) in [4.78, 5) is 0.475. The number of nitrogens with zero attached hydrogens (tertiary/aromatic N) is 2. The van der Waals surface area contributed by atoms with Crippen LogP contribution in [-0.2, 0) is 38.2 Å². The molecule has 2 aromatic carbocycles. The van der Waals surface area contributed by atoms with Crippen molar-refractivity contribution in [3.8, 4) is 0 Å². The summed E-state index contributed by atoms with van der Waals surface area (Å²) >= 11 is 1.70. The van der Waals surface area contributed by atoms with Crippen molar-refractivity contribution in [2.24, 2.45) is 10.2 Å². The summed E-state index contributed by atoms with van der Waals surface area (Å²) in [6.45, 7) is 1.42. The van der Waals surface area contributed by atoms with E-state index in [9.17, 15) is 13.0 Å². The fraction of sp³-hybridized carbons (Fsp3) is 0.0769. The van der Waals surface area contributed by atoms with Crippen molar-refractivity contribution in [2.45, 2.75) is 26.5 Å². The molecule has 170 valence electrons. The maximum atomic E-state index is 11.6. The van der Waals surface area contributed by atoms with Gasteiger partial charge in [0.05, 0.1) is 51.6 Å². The maximum Gasteiger partial charge on any atom is 0.294 e. The Bertz CT molecular complexity index is 994. The van der Waals surface area contributed by atoms with Gasteiger partial charge in [-0.3, -0.25) is 4.55 Å². The standard InChI is InChI=1S/C13H12N2O12S4/c1-7-2-12(30-27-24-18)11(6-13(7)31(19,20)21)15-14-8-3-9(28-25-22-16)5-10(4-8)29-26-23-17/h2-6,16-18H,1H3,(H,19,20,21). The minimum absolute atomic E-state index is 0.0579.